The minimum atomic E-state index is -0.301. The fourth-order valence-electron chi connectivity index (χ4n) is 7.48. The van der Waals surface area contributed by atoms with E-state index >= 15 is 0 Å². The average Bonchev–Trinajstić information content (AvgIpc) is 3.20. The molecule has 2 aliphatic heterocycles. The van der Waals surface area contributed by atoms with Gasteiger partial charge >= 0.3 is 0 Å². The summed E-state index contributed by atoms with van der Waals surface area (Å²) in [5.41, 5.74) is 3.75. The molecule has 2 saturated heterocycles. The van der Waals surface area contributed by atoms with Crippen LogP contribution in [0.4, 0.5) is 35.4 Å². The van der Waals surface area contributed by atoms with Crippen molar-refractivity contribution >= 4 is 17.8 Å². The summed E-state index contributed by atoms with van der Waals surface area (Å²) in [7, 11) is 4.09. The molecular formula is C42H47F4N9. The molecule has 0 aliphatic carbocycles. The van der Waals surface area contributed by atoms with E-state index < -0.39 is 0 Å². The highest BCUT2D eigenvalue weighted by molar-refractivity contribution is 5.46. The predicted octanol–water partition coefficient (Wildman–Crippen LogP) is 6.61. The summed E-state index contributed by atoms with van der Waals surface area (Å²) in [4.78, 5) is 26.0. The number of aromatic nitrogens is 3. The van der Waals surface area contributed by atoms with Gasteiger partial charge in [-0.1, -0.05) is 48.5 Å². The lowest BCUT2D eigenvalue weighted by Gasteiger charge is -2.41. The number of rotatable bonds is 13. The van der Waals surface area contributed by atoms with Gasteiger partial charge in [-0.15, -0.1) is 0 Å². The van der Waals surface area contributed by atoms with Crippen molar-refractivity contribution in [1.29, 1.82) is 0 Å². The topological polar surface area (TPSA) is 66.9 Å². The van der Waals surface area contributed by atoms with Crippen molar-refractivity contribution in [2.45, 2.75) is 18.5 Å². The lowest BCUT2D eigenvalue weighted by Crippen LogP contribution is -2.49. The summed E-state index contributed by atoms with van der Waals surface area (Å²) >= 11 is 0. The van der Waals surface area contributed by atoms with Crippen molar-refractivity contribution < 1.29 is 17.6 Å². The second-order valence-corrected chi connectivity index (χ2v) is 14.4. The molecule has 2 aliphatic rings. The summed E-state index contributed by atoms with van der Waals surface area (Å²) in [6, 6.07) is 25.7. The molecule has 55 heavy (non-hydrogen) atoms. The van der Waals surface area contributed by atoms with Crippen LogP contribution in [-0.2, 0) is 0 Å². The summed E-state index contributed by atoms with van der Waals surface area (Å²) in [5.74, 6) is 0.510. The molecule has 0 unspecified atom stereocenters. The molecule has 13 heteroatoms. The number of benzene rings is 4. The van der Waals surface area contributed by atoms with Crippen LogP contribution in [0.15, 0.2) is 97.1 Å². The molecule has 0 atom stereocenters. The third kappa shape index (κ3) is 9.59. The van der Waals surface area contributed by atoms with Crippen LogP contribution in [0.2, 0.25) is 0 Å². The Kier molecular flexibility index (Phi) is 12.2. The van der Waals surface area contributed by atoms with Gasteiger partial charge in [0.25, 0.3) is 0 Å². The van der Waals surface area contributed by atoms with Crippen LogP contribution in [0.25, 0.3) is 0 Å². The van der Waals surface area contributed by atoms with Crippen molar-refractivity contribution in [3.05, 3.63) is 143 Å². The van der Waals surface area contributed by atoms with Gasteiger partial charge in [-0.25, -0.2) is 17.6 Å². The molecule has 288 valence electrons. The molecule has 0 amide bonds. The number of halogens is 4. The first-order valence-corrected chi connectivity index (χ1v) is 18.8. The highest BCUT2D eigenvalue weighted by atomic mass is 19.1. The summed E-state index contributed by atoms with van der Waals surface area (Å²) < 4.78 is 55.7. The Bertz CT molecular complexity index is 1740. The Labute approximate surface area is 320 Å². The molecule has 0 saturated carbocycles. The quantitative estimate of drug-likeness (QED) is 0.106. The zero-order valence-electron chi connectivity index (χ0n) is 31.3. The fraction of sp³-hybridized carbons (Fsp3) is 0.357. The molecular weight excluding hydrogens is 707 g/mol. The van der Waals surface area contributed by atoms with Gasteiger partial charge in [-0.3, -0.25) is 9.80 Å². The molecule has 7 rings (SSSR count). The lowest BCUT2D eigenvalue weighted by molar-refractivity contribution is 0.210. The maximum Gasteiger partial charge on any atom is 0.232 e. The van der Waals surface area contributed by atoms with Crippen LogP contribution in [0, 0.1) is 23.3 Å². The Balaban J connectivity index is 1.09. The van der Waals surface area contributed by atoms with E-state index in [2.05, 4.69) is 29.8 Å². The molecule has 1 aromatic heterocycles. The number of nitrogens with zero attached hydrogens (tertiary/aromatic N) is 8. The lowest BCUT2D eigenvalue weighted by atomic mass is 9.96. The highest BCUT2D eigenvalue weighted by Gasteiger charge is 2.31. The highest BCUT2D eigenvalue weighted by Crippen LogP contribution is 2.33. The maximum absolute atomic E-state index is 13.9. The van der Waals surface area contributed by atoms with E-state index in [1.54, 1.807) is 48.5 Å². The molecule has 1 N–H and O–H groups in total. The van der Waals surface area contributed by atoms with Crippen LogP contribution in [0.3, 0.4) is 0 Å². The largest absolute Gasteiger partial charge is 0.354 e. The van der Waals surface area contributed by atoms with E-state index in [-0.39, 0.29) is 35.4 Å². The monoisotopic (exact) mass is 753 g/mol. The molecule has 0 radical (unpaired) electrons. The van der Waals surface area contributed by atoms with Gasteiger partial charge in [-0.2, -0.15) is 15.0 Å². The van der Waals surface area contributed by atoms with Gasteiger partial charge in [0.2, 0.25) is 17.8 Å². The van der Waals surface area contributed by atoms with Gasteiger partial charge in [0.05, 0.1) is 12.1 Å². The smallest absolute Gasteiger partial charge is 0.232 e. The molecule has 9 nitrogen and oxygen atoms in total. The van der Waals surface area contributed by atoms with Gasteiger partial charge in [0.1, 0.15) is 23.3 Å². The number of hydrogen-bond donors (Lipinski definition) is 1. The van der Waals surface area contributed by atoms with Crippen LogP contribution in [0.5, 0.6) is 0 Å². The minimum Gasteiger partial charge on any atom is -0.354 e. The van der Waals surface area contributed by atoms with E-state index in [0.29, 0.717) is 76.7 Å². The first kappa shape index (κ1) is 38.2. The van der Waals surface area contributed by atoms with Crippen molar-refractivity contribution in [1.82, 2.24) is 29.7 Å². The van der Waals surface area contributed by atoms with Crippen LogP contribution in [-0.4, -0.2) is 109 Å². The molecule has 0 bridgehead atoms. The van der Waals surface area contributed by atoms with E-state index in [4.69, 9.17) is 15.0 Å². The molecule has 2 fully saturated rings. The van der Waals surface area contributed by atoms with Crippen molar-refractivity contribution in [2.75, 3.05) is 94.7 Å². The zero-order chi connectivity index (χ0) is 38.3. The summed E-state index contributed by atoms with van der Waals surface area (Å²) in [6.45, 7) is 6.93. The van der Waals surface area contributed by atoms with Crippen molar-refractivity contribution in [2.24, 2.45) is 0 Å². The van der Waals surface area contributed by atoms with Crippen LogP contribution < -0.4 is 15.1 Å². The Morgan fingerprint density at radius 1 is 0.509 bits per heavy atom. The summed E-state index contributed by atoms with van der Waals surface area (Å²) in [6.07, 6.45) is 0.920. The number of piperazine rings is 2. The van der Waals surface area contributed by atoms with Gasteiger partial charge in [0, 0.05) is 58.9 Å². The van der Waals surface area contributed by atoms with E-state index in [1.807, 2.05) is 14.1 Å². The minimum absolute atomic E-state index is 0.170. The third-order valence-corrected chi connectivity index (χ3v) is 10.3. The zero-order valence-corrected chi connectivity index (χ0v) is 31.3. The standard InChI is InChI=1S/C42H47F4N9/c1-51(2)21-3-20-47-40-48-41(54-26-22-52(23-27-54)38(30-4-12-34(43)13-5-30)31-6-14-35(44)15-7-31)50-42(49-40)55-28-24-53(25-29-55)39(32-8-16-36(45)17-9-32)33-10-18-37(46)19-11-33/h4-19,38-39H,3,20-29H2,1-2H3,(H,47,48,49,50). The average molecular weight is 754 g/mol. The second-order valence-electron chi connectivity index (χ2n) is 14.4. The van der Waals surface area contributed by atoms with Gasteiger partial charge in [-0.05, 0) is 97.8 Å². The molecule has 4 aromatic carbocycles. The first-order valence-electron chi connectivity index (χ1n) is 18.8. The Hall–Kier alpha value is -5.11. The molecule has 3 heterocycles. The van der Waals surface area contributed by atoms with Gasteiger partial charge in [0.15, 0.2) is 0 Å². The summed E-state index contributed by atoms with van der Waals surface area (Å²) in [5, 5.41) is 3.43. The van der Waals surface area contributed by atoms with Crippen molar-refractivity contribution in [3.63, 3.8) is 0 Å². The van der Waals surface area contributed by atoms with E-state index in [1.165, 1.54) is 48.5 Å². The third-order valence-electron chi connectivity index (χ3n) is 10.3. The normalized spacial score (nSPS) is 15.7. The number of hydrogen-bond acceptors (Lipinski definition) is 9. The number of anilines is 3. The van der Waals surface area contributed by atoms with Crippen molar-refractivity contribution in [3.8, 4) is 0 Å². The Morgan fingerprint density at radius 3 is 1.15 bits per heavy atom. The first-order chi connectivity index (χ1) is 26.7. The van der Waals surface area contributed by atoms with Gasteiger partial charge < -0.3 is 20.0 Å². The Morgan fingerprint density at radius 2 is 0.836 bits per heavy atom. The molecule has 5 aromatic rings. The van der Waals surface area contributed by atoms with Crippen LogP contribution >= 0.6 is 0 Å². The van der Waals surface area contributed by atoms with E-state index in [9.17, 15) is 17.6 Å². The SMILES string of the molecule is CN(C)CCCNc1nc(N2CCN(C(c3ccc(F)cc3)c3ccc(F)cc3)CC2)nc(N2CCN(C(c3ccc(F)cc3)c3ccc(F)cc3)CC2)n1. The maximum atomic E-state index is 13.9. The predicted molar refractivity (Wildman–Crippen MR) is 208 cm³/mol. The van der Waals surface area contributed by atoms with E-state index in [0.717, 1.165) is 35.2 Å². The fourth-order valence-corrected chi connectivity index (χ4v) is 7.48. The second kappa shape index (κ2) is 17.6. The molecule has 0 spiro atoms. The van der Waals surface area contributed by atoms with Crippen LogP contribution in [0.1, 0.15) is 40.8 Å². The number of nitrogens with one attached hydrogen (secondary N) is 1.